The maximum Gasteiger partial charge on any atom is 0.369 e. The van der Waals surface area contributed by atoms with Gasteiger partial charge in [0.15, 0.2) is 0 Å². The van der Waals surface area contributed by atoms with Crippen LogP contribution in [-0.4, -0.2) is 36.0 Å². The van der Waals surface area contributed by atoms with E-state index in [0.717, 1.165) is 5.56 Å². The van der Waals surface area contributed by atoms with Crippen molar-refractivity contribution in [2.24, 2.45) is 0 Å². The topological polar surface area (TPSA) is 40.6 Å². The zero-order valence-electron chi connectivity index (χ0n) is 8.38. The Hall–Kier alpha value is -1.78. The molecular formula is C10H10BN2O2. The van der Waals surface area contributed by atoms with Crippen molar-refractivity contribution in [3.05, 3.63) is 35.9 Å². The molecule has 2 rings (SSSR count). The zero-order chi connectivity index (χ0) is 10.8. The summed E-state index contributed by atoms with van der Waals surface area (Å²) in [5.41, 5.74) is 0.947. The maximum absolute atomic E-state index is 11.5. The van der Waals surface area contributed by atoms with E-state index in [1.54, 1.807) is 7.05 Å². The van der Waals surface area contributed by atoms with E-state index in [1.807, 2.05) is 30.3 Å². The summed E-state index contributed by atoms with van der Waals surface area (Å²) in [6, 6.07) is 9.16. The van der Waals surface area contributed by atoms with Crippen molar-refractivity contribution in [3.63, 3.8) is 0 Å². The molecule has 1 aliphatic rings. The highest BCUT2D eigenvalue weighted by Crippen LogP contribution is 2.12. The van der Waals surface area contributed by atoms with E-state index >= 15 is 0 Å². The minimum Gasteiger partial charge on any atom is -0.365 e. The zero-order valence-corrected chi connectivity index (χ0v) is 8.38. The Labute approximate surface area is 88.7 Å². The molecule has 4 nitrogen and oxygen atoms in total. The van der Waals surface area contributed by atoms with Crippen molar-refractivity contribution in [2.45, 2.75) is 6.54 Å². The molecule has 15 heavy (non-hydrogen) atoms. The molecule has 5 heteroatoms. The van der Waals surface area contributed by atoms with Crippen molar-refractivity contribution in [1.29, 1.82) is 0 Å². The average Bonchev–Trinajstić information content (AvgIpc) is 2.47. The van der Waals surface area contributed by atoms with Crippen molar-refractivity contribution < 1.29 is 9.59 Å². The van der Waals surface area contributed by atoms with E-state index in [4.69, 9.17) is 0 Å². The van der Waals surface area contributed by atoms with Gasteiger partial charge in [-0.15, -0.1) is 0 Å². The number of urea groups is 1. The van der Waals surface area contributed by atoms with Crippen LogP contribution in [0.2, 0.25) is 0 Å². The summed E-state index contributed by atoms with van der Waals surface area (Å²) in [5, 5.41) is 0. The van der Waals surface area contributed by atoms with Gasteiger partial charge in [-0.3, -0.25) is 9.69 Å². The molecule has 3 amide bonds. The second kappa shape index (κ2) is 3.77. The van der Waals surface area contributed by atoms with Crippen LogP contribution in [0.5, 0.6) is 0 Å². The molecule has 1 heterocycles. The van der Waals surface area contributed by atoms with Gasteiger partial charge in [0.25, 0.3) is 0 Å². The summed E-state index contributed by atoms with van der Waals surface area (Å²) < 4.78 is 0. The minimum atomic E-state index is -0.274. The number of benzene rings is 1. The monoisotopic (exact) mass is 201 g/mol. The molecule has 1 aromatic rings. The quantitative estimate of drug-likeness (QED) is 0.676. The van der Waals surface area contributed by atoms with E-state index in [2.05, 4.69) is 0 Å². The van der Waals surface area contributed by atoms with Crippen molar-refractivity contribution >= 4 is 19.3 Å². The van der Waals surface area contributed by atoms with E-state index in [0.29, 0.717) is 6.54 Å². The number of nitrogens with zero attached hydrogens (tertiary/aromatic N) is 2. The lowest BCUT2D eigenvalue weighted by Gasteiger charge is -2.15. The van der Waals surface area contributed by atoms with Crippen LogP contribution in [0.3, 0.4) is 0 Å². The summed E-state index contributed by atoms with van der Waals surface area (Å²) in [6.45, 7) is 0.333. The van der Waals surface area contributed by atoms with Crippen LogP contribution in [0, 0.1) is 0 Å². The molecule has 0 atom stereocenters. The molecule has 1 aliphatic heterocycles. The number of rotatable bonds is 2. The Bertz CT molecular complexity index is 394. The van der Waals surface area contributed by atoms with Gasteiger partial charge in [0.1, 0.15) is 0 Å². The maximum atomic E-state index is 11.5. The molecule has 1 radical (unpaired) electrons. The van der Waals surface area contributed by atoms with Gasteiger partial charge in [-0.2, -0.15) is 0 Å². The van der Waals surface area contributed by atoms with Crippen LogP contribution >= 0.6 is 0 Å². The van der Waals surface area contributed by atoms with Gasteiger partial charge in [-0.25, -0.2) is 4.79 Å². The molecule has 0 aromatic heterocycles. The predicted molar refractivity (Wildman–Crippen MR) is 56.3 cm³/mol. The third-order valence-corrected chi connectivity index (χ3v) is 2.29. The summed E-state index contributed by atoms with van der Waals surface area (Å²) in [4.78, 5) is 25.4. The molecule has 0 N–H and O–H groups in total. The van der Waals surface area contributed by atoms with E-state index in [1.165, 1.54) is 17.1 Å². The fourth-order valence-corrected chi connectivity index (χ4v) is 1.49. The summed E-state index contributed by atoms with van der Waals surface area (Å²) in [7, 11) is 2.87. The van der Waals surface area contributed by atoms with Gasteiger partial charge in [0.2, 0.25) is 5.81 Å². The van der Waals surface area contributed by atoms with Crippen LogP contribution in [0.1, 0.15) is 5.56 Å². The van der Waals surface area contributed by atoms with Gasteiger partial charge >= 0.3 is 13.4 Å². The molecule has 0 spiro atoms. The Morgan fingerprint density at radius 3 is 2.40 bits per heavy atom. The lowest BCUT2D eigenvalue weighted by Crippen LogP contribution is -2.30. The molecule has 1 saturated heterocycles. The number of amides is 3. The van der Waals surface area contributed by atoms with Crippen LogP contribution in [0.25, 0.3) is 0 Å². The normalized spacial score (nSPS) is 15.8. The van der Waals surface area contributed by atoms with E-state index in [-0.39, 0.29) is 11.8 Å². The molecule has 0 saturated carbocycles. The molecule has 1 aromatic carbocycles. The van der Waals surface area contributed by atoms with Crippen molar-refractivity contribution in [1.82, 2.24) is 9.71 Å². The summed E-state index contributed by atoms with van der Waals surface area (Å²) in [6.07, 6.45) is 0. The number of hydrogen-bond acceptors (Lipinski definition) is 2. The smallest absolute Gasteiger partial charge is 0.365 e. The first-order chi connectivity index (χ1) is 7.18. The molecule has 0 aliphatic carbocycles. The Balaban J connectivity index is 2.13. The van der Waals surface area contributed by atoms with Gasteiger partial charge in [0, 0.05) is 0 Å². The average molecular weight is 201 g/mol. The standard InChI is InChI=1S/C10H10BN2O2/c1-12-10(15)13(9(14)11-12)7-8-5-3-2-4-6-8/h2-6H,7H2,1H3. The minimum absolute atomic E-state index is 0.258. The summed E-state index contributed by atoms with van der Waals surface area (Å²) >= 11 is 0. The van der Waals surface area contributed by atoms with Crippen LogP contribution in [-0.2, 0) is 6.54 Å². The molecular weight excluding hydrogens is 191 g/mol. The molecule has 75 valence electrons. The van der Waals surface area contributed by atoms with Crippen LogP contribution < -0.4 is 0 Å². The van der Waals surface area contributed by atoms with Crippen molar-refractivity contribution in [3.8, 4) is 0 Å². The second-order valence-corrected chi connectivity index (χ2v) is 3.43. The van der Waals surface area contributed by atoms with Gasteiger partial charge in [-0.05, 0) is 12.6 Å². The lowest BCUT2D eigenvalue weighted by molar-refractivity contribution is 0.195. The summed E-state index contributed by atoms with van der Waals surface area (Å²) in [5.74, 6) is -0.258. The van der Waals surface area contributed by atoms with Gasteiger partial charge in [-0.1, -0.05) is 30.3 Å². The number of imide groups is 1. The molecule has 1 fully saturated rings. The van der Waals surface area contributed by atoms with E-state index < -0.39 is 0 Å². The van der Waals surface area contributed by atoms with Gasteiger partial charge < -0.3 is 4.81 Å². The van der Waals surface area contributed by atoms with Crippen LogP contribution in [0.4, 0.5) is 9.59 Å². The lowest BCUT2D eigenvalue weighted by atomic mass is 9.94. The SMILES string of the molecule is CN1[B]C(=O)N(Cc2ccccc2)C1=O. The third-order valence-electron chi connectivity index (χ3n) is 2.29. The fourth-order valence-electron chi connectivity index (χ4n) is 1.49. The van der Waals surface area contributed by atoms with Crippen molar-refractivity contribution in [2.75, 3.05) is 7.05 Å². The Kier molecular flexibility index (Phi) is 2.45. The van der Waals surface area contributed by atoms with E-state index in [9.17, 15) is 9.59 Å². The number of hydrogen-bond donors (Lipinski definition) is 0. The predicted octanol–water partition coefficient (Wildman–Crippen LogP) is 1.29. The highest BCUT2D eigenvalue weighted by atomic mass is 16.2. The fraction of sp³-hybridized carbons (Fsp3) is 0.200. The number of carbonyl (C=O) groups excluding carboxylic acids is 2. The second-order valence-electron chi connectivity index (χ2n) is 3.43. The molecule has 0 bridgehead atoms. The first-order valence-corrected chi connectivity index (χ1v) is 4.65. The molecule has 0 unspecified atom stereocenters. The van der Waals surface area contributed by atoms with Gasteiger partial charge in [0.05, 0.1) is 6.54 Å². The van der Waals surface area contributed by atoms with Crippen LogP contribution in [0.15, 0.2) is 30.3 Å². The highest BCUT2D eigenvalue weighted by Gasteiger charge is 2.34. The Morgan fingerprint density at radius 2 is 1.87 bits per heavy atom. The first kappa shape index (κ1) is 9.77. The Morgan fingerprint density at radius 1 is 1.20 bits per heavy atom. The third kappa shape index (κ3) is 1.86. The largest absolute Gasteiger partial charge is 0.369 e. The number of carbonyl (C=O) groups is 2. The first-order valence-electron chi connectivity index (χ1n) is 4.65. The highest BCUT2D eigenvalue weighted by molar-refractivity contribution is 6.76.